The number of hydroxylamine groups is 2. The number of likely N-dealkylation sites (N-methyl/N-ethyl adjacent to an activating group) is 1. The summed E-state index contributed by atoms with van der Waals surface area (Å²) in [4.78, 5) is 17.3. The zero-order valence-electron chi connectivity index (χ0n) is 11.0. The molecule has 1 heterocycles. The summed E-state index contributed by atoms with van der Waals surface area (Å²) >= 11 is 0. The lowest BCUT2D eigenvalue weighted by Gasteiger charge is -2.43. The number of carbonyl (C=O) groups excluding carboxylic acids is 1. The Labute approximate surface area is 108 Å². The molecule has 0 bridgehead atoms. The van der Waals surface area contributed by atoms with Crippen LogP contribution < -0.4 is 0 Å². The molecule has 1 amide bonds. The van der Waals surface area contributed by atoms with E-state index < -0.39 is 5.60 Å². The summed E-state index contributed by atoms with van der Waals surface area (Å²) in [6.07, 6.45) is 5.29. The van der Waals surface area contributed by atoms with Gasteiger partial charge in [0.15, 0.2) is 5.60 Å². The van der Waals surface area contributed by atoms with Crippen molar-refractivity contribution in [3.63, 3.8) is 0 Å². The first-order valence-electron chi connectivity index (χ1n) is 6.69. The van der Waals surface area contributed by atoms with Crippen LogP contribution in [0.4, 0.5) is 0 Å². The fraction of sp³-hybridized carbons (Fsp3) is 0.533. The van der Waals surface area contributed by atoms with Gasteiger partial charge in [-0.25, -0.2) is 9.90 Å². The fourth-order valence-electron chi connectivity index (χ4n) is 3.12. The van der Waals surface area contributed by atoms with Gasteiger partial charge in [0.2, 0.25) is 0 Å². The smallest absolute Gasteiger partial charge is 0.269 e. The molecule has 1 aliphatic carbocycles. The Bertz CT molecular complexity index is 462. The summed E-state index contributed by atoms with van der Waals surface area (Å²) < 4.78 is 0. The highest BCUT2D eigenvalue weighted by Crippen LogP contribution is 2.38. The standard InChI is InChI=1S/C15H19NO2/c1-15(14(17)16(2)18-15)13-9-7-12(8-10-13)11-5-3-4-6-11/h7-11H,3-6H2,1-2H3. The predicted molar refractivity (Wildman–Crippen MR) is 68.9 cm³/mol. The Balaban J connectivity index is 1.81. The quantitative estimate of drug-likeness (QED) is 0.801. The lowest BCUT2D eigenvalue weighted by atomic mass is 9.89. The van der Waals surface area contributed by atoms with Crippen LogP contribution in [0.3, 0.4) is 0 Å². The van der Waals surface area contributed by atoms with E-state index in [2.05, 4.69) is 12.1 Å². The van der Waals surface area contributed by atoms with Gasteiger partial charge in [0.1, 0.15) is 0 Å². The second kappa shape index (κ2) is 4.09. The number of nitrogens with zero attached hydrogens (tertiary/aromatic N) is 1. The van der Waals surface area contributed by atoms with Gasteiger partial charge >= 0.3 is 0 Å². The highest BCUT2D eigenvalue weighted by Gasteiger charge is 2.50. The van der Waals surface area contributed by atoms with Crippen LogP contribution in [-0.2, 0) is 15.2 Å². The van der Waals surface area contributed by atoms with Crippen molar-refractivity contribution >= 4 is 5.91 Å². The van der Waals surface area contributed by atoms with Crippen LogP contribution in [-0.4, -0.2) is 18.0 Å². The Morgan fingerprint density at radius 3 is 2.33 bits per heavy atom. The molecule has 1 saturated heterocycles. The van der Waals surface area contributed by atoms with Gasteiger partial charge in [-0.3, -0.25) is 4.79 Å². The maximum Gasteiger partial charge on any atom is 0.285 e. The van der Waals surface area contributed by atoms with Crippen LogP contribution in [0, 0.1) is 0 Å². The monoisotopic (exact) mass is 245 g/mol. The Morgan fingerprint density at radius 2 is 1.83 bits per heavy atom. The molecule has 18 heavy (non-hydrogen) atoms. The molecule has 96 valence electrons. The molecular weight excluding hydrogens is 226 g/mol. The van der Waals surface area contributed by atoms with Crippen LogP contribution in [0.1, 0.15) is 49.7 Å². The second-order valence-electron chi connectivity index (χ2n) is 5.53. The zero-order valence-corrected chi connectivity index (χ0v) is 11.0. The van der Waals surface area contributed by atoms with Crippen molar-refractivity contribution in [3.05, 3.63) is 35.4 Å². The van der Waals surface area contributed by atoms with Crippen molar-refractivity contribution in [1.82, 2.24) is 5.06 Å². The van der Waals surface area contributed by atoms with E-state index in [9.17, 15) is 4.79 Å². The van der Waals surface area contributed by atoms with Crippen LogP contribution in [0.25, 0.3) is 0 Å². The van der Waals surface area contributed by atoms with Crippen LogP contribution in [0.15, 0.2) is 24.3 Å². The van der Waals surface area contributed by atoms with Gasteiger partial charge in [-0.05, 0) is 36.8 Å². The first-order valence-corrected chi connectivity index (χ1v) is 6.69. The fourth-order valence-corrected chi connectivity index (χ4v) is 3.12. The van der Waals surface area contributed by atoms with Gasteiger partial charge in [0.25, 0.3) is 5.91 Å². The average molecular weight is 245 g/mol. The summed E-state index contributed by atoms with van der Waals surface area (Å²) in [5.74, 6) is 0.739. The molecule has 0 aromatic heterocycles. The molecule has 1 unspecified atom stereocenters. The van der Waals surface area contributed by atoms with Crippen molar-refractivity contribution in [1.29, 1.82) is 0 Å². The van der Waals surface area contributed by atoms with E-state index in [1.54, 1.807) is 7.05 Å². The van der Waals surface area contributed by atoms with Gasteiger partial charge in [0.05, 0.1) is 0 Å². The molecule has 3 nitrogen and oxygen atoms in total. The third-order valence-corrected chi connectivity index (χ3v) is 4.30. The third kappa shape index (κ3) is 1.65. The third-order valence-electron chi connectivity index (χ3n) is 4.30. The van der Waals surface area contributed by atoms with Gasteiger partial charge in [-0.15, -0.1) is 0 Å². The highest BCUT2D eigenvalue weighted by atomic mass is 16.7. The molecule has 0 N–H and O–H groups in total. The molecule has 2 aliphatic rings. The topological polar surface area (TPSA) is 29.5 Å². The van der Waals surface area contributed by atoms with E-state index in [-0.39, 0.29) is 5.91 Å². The van der Waals surface area contributed by atoms with Crippen LogP contribution >= 0.6 is 0 Å². The normalized spacial score (nSPS) is 28.6. The number of rotatable bonds is 2. The summed E-state index contributed by atoms with van der Waals surface area (Å²) in [7, 11) is 1.65. The van der Waals surface area contributed by atoms with Crippen molar-refractivity contribution in [2.24, 2.45) is 0 Å². The van der Waals surface area contributed by atoms with E-state index in [0.29, 0.717) is 5.92 Å². The number of hydrogen-bond donors (Lipinski definition) is 0. The van der Waals surface area contributed by atoms with Crippen LogP contribution in [0.5, 0.6) is 0 Å². The molecule has 1 atom stereocenters. The van der Waals surface area contributed by atoms with Gasteiger partial charge < -0.3 is 0 Å². The van der Waals surface area contributed by atoms with Crippen molar-refractivity contribution in [2.45, 2.75) is 44.1 Å². The maximum absolute atomic E-state index is 11.8. The van der Waals surface area contributed by atoms with E-state index in [4.69, 9.17) is 4.84 Å². The minimum Gasteiger partial charge on any atom is -0.269 e. The predicted octanol–water partition coefficient (Wildman–Crippen LogP) is 2.96. The first-order chi connectivity index (χ1) is 8.61. The molecule has 0 spiro atoms. The molecule has 1 aromatic carbocycles. The zero-order chi connectivity index (χ0) is 12.8. The highest BCUT2D eigenvalue weighted by molar-refractivity contribution is 5.88. The molecule has 0 radical (unpaired) electrons. The van der Waals surface area contributed by atoms with E-state index in [1.165, 1.54) is 36.3 Å². The van der Waals surface area contributed by atoms with Gasteiger partial charge in [-0.2, -0.15) is 0 Å². The van der Waals surface area contributed by atoms with Crippen molar-refractivity contribution in [3.8, 4) is 0 Å². The minimum absolute atomic E-state index is 0.0242. The van der Waals surface area contributed by atoms with Crippen molar-refractivity contribution in [2.75, 3.05) is 7.05 Å². The van der Waals surface area contributed by atoms with Crippen LogP contribution in [0.2, 0.25) is 0 Å². The summed E-state index contributed by atoms with van der Waals surface area (Å²) in [5.41, 5.74) is 1.58. The SMILES string of the molecule is CN1OC(C)(c2ccc(C3CCCC3)cc2)C1=O. The molecule has 1 aliphatic heterocycles. The number of benzene rings is 1. The Kier molecular flexibility index (Phi) is 2.67. The Hall–Kier alpha value is -1.35. The first kappa shape index (κ1) is 11.7. The van der Waals surface area contributed by atoms with E-state index in [1.807, 2.05) is 19.1 Å². The number of hydrogen-bond acceptors (Lipinski definition) is 2. The average Bonchev–Trinajstić information content (AvgIpc) is 2.92. The van der Waals surface area contributed by atoms with E-state index >= 15 is 0 Å². The molecule has 2 fully saturated rings. The second-order valence-corrected chi connectivity index (χ2v) is 5.53. The molecular formula is C15H19NO2. The minimum atomic E-state index is -0.775. The molecule has 1 saturated carbocycles. The lowest BCUT2D eigenvalue weighted by Crippen LogP contribution is -2.58. The van der Waals surface area contributed by atoms with Gasteiger partial charge in [-0.1, -0.05) is 37.1 Å². The molecule has 3 heteroatoms. The summed E-state index contributed by atoms with van der Waals surface area (Å²) in [6, 6.07) is 8.40. The Morgan fingerprint density at radius 1 is 1.22 bits per heavy atom. The summed E-state index contributed by atoms with van der Waals surface area (Å²) in [6.45, 7) is 1.83. The lowest BCUT2D eigenvalue weighted by molar-refractivity contribution is -0.298. The number of amides is 1. The maximum atomic E-state index is 11.8. The summed E-state index contributed by atoms with van der Waals surface area (Å²) in [5, 5.41) is 1.30. The van der Waals surface area contributed by atoms with Crippen molar-refractivity contribution < 1.29 is 9.63 Å². The van der Waals surface area contributed by atoms with E-state index in [0.717, 1.165) is 5.56 Å². The molecule has 1 aromatic rings. The largest absolute Gasteiger partial charge is 0.285 e. The molecule has 3 rings (SSSR count). The number of carbonyl (C=O) groups is 1. The van der Waals surface area contributed by atoms with Gasteiger partial charge in [0, 0.05) is 7.05 Å².